The van der Waals surface area contributed by atoms with Gasteiger partial charge in [-0.05, 0) is 30.7 Å². The first-order chi connectivity index (χ1) is 15.0. The third-order valence-electron chi connectivity index (χ3n) is 5.82. The number of hydrogen-bond donors (Lipinski definition) is 0. The maximum absolute atomic E-state index is 13.6. The van der Waals surface area contributed by atoms with E-state index in [0.29, 0.717) is 21.7 Å². The first-order valence-corrected chi connectivity index (χ1v) is 10.5. The predicted octanol–water partition coefficient (Wildman–Crippen LogP) is 5.95. The number of ketones is 3. The summed E-state index contributed by atoms with van der Waals surface area (Å²) in [4.78, 5) is 40.2. The van der Waals surface area contributed by atoms with Gasteiger partial charge in [0.05, 0.1) is 11.8 Å². The Labute approximate surface area is 186 Å². The van der Waals surface area contributed by atoms with Gasteiger partial charge in [0.1, 0.15) is 0 Å². The number of Topliss-reactive ketones (excluding diaryl/α,β-unsaturated/α-hetero) is 2. The van der Waals surface area contributed by atoms with Gasteiger partial charge in [0, 0.05) is 22.1 Å². The van der Waals surface area contributed by atoms with Crippen LogP contribution in [-0.2, 0) is 4.79 Å². The van der Waals surface area contributed by atoms with Crippen molar-refractivity contribution in [2.24, 2.45) is 11.8 Å². The van der Waals surface area contributed by atoms with Crippen molar-refractivity contribution in [3.05, 3.63) is 118 Å². The van der Waals surface area contributed by atoms with Gasteiger partial charge in [0.25, 0.3) is 0 Å². The molecule has 0 heterocycles. The van der Waals surface area contributed by atoms with Crippen LogP contribution in [0.1, 0.15) is 39.1 Å². The molecule has 0 fully saturated rings. The van der Waals surface area contributed by atoms with Crippen molar-refractivity contribution in [2.45, 2.75) is 12.8 Å². The molecule has 0 bridgehead atoms. The Hall–Kier alpha value is -3.30. The lowest BCUT2D eigenvalue weighted by Gasteiger charge is -2.35. The largest absolute Gasteiger partial charge is 0.294 e. The minimum atomic E-state index is -0.982. The topological polar surface area (TPSA) is 51.2 Å². The maximum Gasteiger partial charge on any atom is 0.174 e. The number of allylic oxidation sites excluding steroid dienone is 2. The molecule has 0 spiro atoms. The molecule has 154 valence electrons. The molecule has 3 unspecified atom stereocenters. The van der Waals surface area contributed by atoms with E-state index in [1.165, 1.54) is 6.08 Å². The second kappa shape index (κ2) is 8.83. The molecule has 0 saturated carbocycles. The number of hydrogen-bond acceptors (Lipinski definition) is 3. The fourth-order valence-corrected chi connectivity index (χ4v) is 4.48. The van der Waals surface area contributed by atoms with Crippen molar-refractivity contribution >= 4 is 29.0 Å². The first-order valence-electron chi connectivity index (χ1n) is 10.1. The number of carbonyl (C=O) groups is 3. The maximum atomic E-state index is 13.6. The van der Waals surface area contributed by atoms with Crippen molar-refractivity contribution < 1.29 is 14.4 Å². The van der Waals surface area contributed by atoms with Gasteiger partial charge < -0.3 is 0 Å². The molecule has 0 amide bonds. The first kappa shape index (κ1) is 21.0. The summed E-state index contributed by atoms with van der Waals surface area (Å²) in [5, 5.41) is 0.551. The molecule has 3 aromatic carbocycles. The average Bonchev–Trinajstić information content (AvgIpc) is 2.79. The fraction of sp³-hybridized carbons (Fsp3) is 0.148. The second-order valence-electron chi connectivity index (χ2n) is 7.78. The van der Waals surface area contributed by atoms with E-state index < -0.39 is 17.8 Å². The highest BCUT2D eigenvalue weighted by atomic mass is 35.5. The zero-order chi connectivity index (χ0) is 22.0. The Morgan fingerprint density at radius 3 is 1.71 bits per heavy atom. The summed E-state index contributed by atoms with van der Waals surface area (Å²) in [6.07, 6.45) is 1.46. The lowest BCUT2D eigenvalue weighted by molar-refractivity contribution is -0.118. The zero-order valence-electron chi connectivity index (χ0n) is 17.0. The Balaban J connectivity index is 1.87. The van der Waals surface area contributed by atoms with Crippen LogP contribution in [0.15, 0.2) is 96.6 Å². The van der Waals surface area contributed by atoms with Gasteiger partial charge in [-0.25, -0.2) is 0 Å². The van der Waals surface area contributed by atoms with Crippen LogP contribution in [0.4, 0.5) is 0 Å². The minimum Gasteiger partial charge on any atom is -0.294 e. The van der Waals surface area contributed by atoms with Gasteiger partial charge in [0.15, 0.2) is 17.3 Å². The summed E-state index contributed by atoms with van der Waals surface area (Å²) in [6, 6.07) is 24.8. The summed E-state index contributed by atoms with van der Waals surface area (Å²) in [5.74, 6) is -2.88. The van der Waals surface area contributed by atoms with Crippen LogP contribution in [-0.4, -0.2) is 17.3 Å². The van der Waals surface area contributed by atoms with Gasteiger partial charge >= 0.3 is 0 Å². The van der Waals surface area contributed by atoms with Gasteiger partial charge in [-0.3, -0.25) is 14.4 Å². The summed E-state index contributed by atoms with van der Waals surface area (Å²) < 4.78 is 0. The highest BCUT2D eigenvalue weighted by molar-refractivity contribution is 6.30. The minimum absolute atomic E-state index is 0.104. The van der Waals surface area contributed by atoms with E-state index in [4.69, 9.17) is 11.6 Å². The third kappa shape index (κ3) is 4.14. The number of carbonyl (C=O) groups excluding carboxylic acids is 3. The molecule has 0 radical (unpaired) electrons. The third-order valence-corrected chi connectivity index (χ3v) is 6.07. The molecule has 31 heavy (non-hydrogen) atoms. The number of halogens is 1. The van der Waals surface area contributed by atoms with Crippen molar-refractivity contribution in [1.29, 1.82) is 0 Å². The predicted molar refractivity (Wildman–Crippen MR) is 121 cm³/mol. The van der Waals surface area contributed by atoms with Crippen LogP contribution in [0.5, 0.6) is 0 Å². The molecule has 1 aliphatic carbocycles. The van der Waals surface area contributed by atoms with E-state index >= 15 is 0 Å². The van der Waals surface area contributed by atoms with Crippen molar-refractivity contribution in [3.8, 4) is 0 Å². The lowest BCUT2D eigenvalue weighted by Crippen LogP contribution is -2.40. The quantitative estimate of drug-likeness (QED) is 0.372. The summed E-state index contributed by atoms with van der Waals surface area (Å²) in [6.45, 7) is 1.79. The second-order valence-corrected chi connectivity index (χ2v) is 8.22. The van der Waals surface area contributed by atoms with Gasteiger partial charge in [-0.15, -0.1) is 0 Å². The van der Waals surface area contributed by atoms with Crippen molar-refractivity contribution in [3.63, 3.8) is 0 Å². The smallest absolute Gasteiger partial charge is 0.174 e. The Morgan fingerprint density at radius 1 is 0.710 bits per heavy atom. The Morgan fingerprint density at radius 2 is 1.19 bits per heavy atom. The Kier molecular flexibility index (Phi) is 5.97. The molecule has 4 rings (SSSR count). The van der Waals surface area contributed by atoms with Gasteiger partial charge in [0.2, 0.25) is 0 Å². The van der Waals surface area contributed by atoms with Crippen LogP contribution in [0.3, 0.4) is 0 Å². The molecular weight excluding hydrogens is 408 g/mol. The van der Waals surface area contributed by atoms with Crippen molar-refractivity contribution in [2.75, 3.05) is 0 Å². The Bertz CT molecular complexity index is 1150. The van der Waals surface area contributed by atoms with Crippen LogP contribution >= 0.6 is 11.6 Å². The van der Waals surface area contributed by atoms with Crippen LogP contribution in [0.2, 0.25) is 5.02 Å². The fourth-order valence-electron chi connectivity index (χ4n) is 4.35. The van der Waals surface area contributed by atoms with Gasteiger partial charge in [-0.2, -0.15) is 0 Å². The molecule has 0 N–H and O–H groups in total. The molecule has 3 atom stereocenters. The van der Waals surface area contributed by atoms with E-state index in [2.05, 4.69) is 0 Å². The van der Waals surface area contributed by atoms with E-state index in [-0.39, 0.29) is 17.3 Å². The molecule has 0 aromatic heterocycles. The highest BCUT2D eigenvalue weighted by Crippen LogP contribution is 2.44. The summed E-state index contributed by atoms with van der Waals surface area (Å²) in [7, 11) is 0. The zero-order valence-corrected chi connectivity index (χ0v) is 17.8. The SMILES string of the molecule is CC1=CC(=O)C(C(=O)c2ccccc2)C(c2ccc(Cl)cc2)C1C(=O)c1ccccc1. The highest BCUT2D eigenvalue weighted by Gasteiger charge is 2.46. The summed E-state index contributed by atoms with van der Waals surface area (Å²) >= 11 is 6.09. The number of rotatable bonds is 5. The van der Waals surface area contributed by atoms with Crippen LogP contribution in [0, 0.1) is 11.8 Å². The average molecular weight is 429 g/mol. The molecule has 3 aromatic rings. The number of benzene rings is 3. The van der Waals surface area contributed by atoms with E-state index in [9.17, 15) is 14.4 Å². The molecule has 0 aliphatic heterocycles. The van der Waals surface area contributed by atoms with E-state index in [1.54, 1.807) is 67.6 Å². The molecule has 0 saturated heterocycles. The summed E-state index contributed by atoms with van der Waals surface area (Å²) in [5.41, 5.74) is 2.42. The van der Waals surface area contributed by atoms with Crippen LogP contribution < -0.4 is 0 Å². The normalized spacial score (nSPS) is 20.8. The molecular formula is C27H21ClO3. The molecule has 4 heteroatoms. The molecule has 3 nitrogen and oxygen atoms in total. The van der Waals surface area contributed by atoms with Crippen molar-refractivity contribution in [1.82, 2.24) is 0 Å². The lowest BCUT2D eigenvalue weighted by atomic mass is 9.64. The van der Waals surface area contributed by atoms with Gasteiger partial charge in [-0.1, -0.05) is 90.0 Å². The van der Waals surface area contributed by atoms with Crippen LogP contribution in [0.25, 0.3) is 0 Å². The monoisotopic (exact) mass is 428 g/mol. The van der Waals surface area contributed by atoms with E-state index in [0.717, 1.165) is 5.56 Å². The standard InChI is InChI=1S/C27H21ClO3/c1-17-16-22(29)25(27(31)20-10-6-3-7-11-20)24(18-12-14-21(28)15-13-18)23(17)26(30)19-8-4-2-5-9-19/h2-16,23-25H,1H3. The molecule has 1 aliphatic rings. The van der Waals surface area contributed by atoms with E-state index in [1.807, 2.05) is 24.3 Å².